The van der Waals surface area contributed by atoms with Crippen LogP contribution in [0.2, 0.25) is 0 Å². The number of ketones is 1. The van der Waals surface area contributed by atoms with Crippen LogP contribution in [0.3, 0.4) is 0 Å². The van der Waals surface area contributed by atoms with E-state index in [4.69, 9.17) is 0 Å². The monoisotopic (exact) mass is 458 g/mol. The molecule has 6 heteroatoms. The van der Waals surface area contributed by atoms with Crippen molar-refractivity contribution >= 4 is 28.7 Å². The molecule has 4 nitrogen and oxygen atoms in total. The molecular formula is C27H23FN2O2S. The zero-order valence-corrected chi connectivity index (χ0v) is 18.9. The highest BCUT2D eigenvalue weighted by molar-refractivity contribution is 7.10. The van der Waals surface area contributed by atoms with Gasteiger partial charge in [-0.1, -0.05) is 36.4 Å². The van der Waals surface area contributed by atoms with Gasteiger partial charge in [0.2, 0.25) is 0 Å². The van der Waals surface area contributed by atoms with Crippen molar-refractivity contribution in [3.63, 3.8) is 0 Å². The summed E-state index contributed by atoms with van der Waals surface area (Å²) in [5.41, 5.74) is 3.77. The van der Waals surface area contributed by atoms with Gasteiger partial charge < -0.3 is 10.6 Å². The first-order valence-corrected chi connectivity index (χ1v) is 11.8. The number of hydrogen-bond donors (Lipinski definition) is 2. The van der Waals surface area contributed by atoms with E-state index >= 15 is 0 Å². The number of anilines is 1. The molecule has 2 heterocycles. The number of para-hydroxylation sites is 1. The second kappa shape index (κ2) is 8.79. The Kier molecular flexibility index (Phi) is 5.68. The Labute approximate surface area is 195 Å². The van der Waals surface area contributed by atoms with E-state index in [0.29, 0.717) is 40.9 Å². The van der Waals surface area contributed by atoms with Crippen molar-refractivity contribution in [1.29, 1.82) is 0 Å². The SMILES string of the molecule is CC1=C(C(=O)Nc2ccccc2)[C@@H](c2cccc(F)c2)C2=C(C[C@@H](c3cccs3)CC2=O)N1. The number of rotatable bonds is 4. The molecule has 33 heavy (non-hydrogen) atoms. The van der Waals surface area contributed by atoms with Crippen molar-refractivity contribution in [1.82, 2.24) is 5.32 Å². The summed E-state index contributed by atoms with van der Waals surface area (Å²) in [6.07, 6.45) is 1.05. The molecule has 0 fully saturated rings. The number of carbonyl (C=O) groups is 2. The standard InChI is InChI=1S/C27H23FN2O2S/c1-16-24(27(32)30-20-9-3-2-4-10-20)25(17-7-5-8-19(28)13-17)26-21(29-16)14-18(15-22(26)31)23-11-6-12-33-23/h2-13,18,25,29H,14-15H2,1H3,(H,30,32)/t18-,25-/m1/s1. The van der Waals surface area contributed by atoms with E-state index in [0.717, 1.165) is 5.70 Å². The van der Waals surface area contributed by atoms with E-state index in [-0.39, 0.29) is 17.6 Å². The fraction of sp³-hybridized carbons (Fsp3) is 0.185. The number of amides is 1. The van der Waals surface area contributed by atoms with Gasteiger partial charge in [0.25, 0.3) is 5.91 Å². The van der Waals surface area contributed by atoms with Gasteiger partial charge >= 0.3 is 0 Å². The summed E-state index contributed by atoms with van der Waals surface area (Å²) in [5.74, 6) is -1.23. The van der Waals surface area contributed by atoms with E-state index < -0.39 is 11.7 Å². The largest absolute Gasteiger partial charge is 0.362 e. The van der Waals surface area contributed by atoms with Crippen molar-refractivity contribution in [2.75, 3.05) is 5.32 Å². The van der Waals surface area contributed by atoms with Crippen LogP contribution in [0.1, 0.15) is 42.0 Å². The number of benzene rings is 2. The molecule has 0 unspecified atom stereocenters. The van der Waals surface area contributed by atoms with E-state index in [9.17, 15) is 14.0 Å². The first-order valence-electron chi connectivity index (χ1n) is 10.9. The fourth-order valence-corrected chi connectivity index (χ4v) is 5.63. The third-order valence-corrected chi connectivity index (χ3v) is 7.27. The van der Waals surface area contributed by atoms with Gasteiger partial charge in [0, 0.05) is 51.4 Å². The van der Waals surface area contributed by atoms with E-state index in [2.05, 4.69) is 16.7 Å². The smallest absolute Gasteiger partial charge is 0.254 e. The molecule has 1 aliphatic carbocycles. The molecule has 5 rings (SSSR count). The molecule has 2 aliphatic rings. The van der Waals surface area contributed by atoms with Crippen molar-refractivity contribution < 1.29 is 14.0 Å². The number of carbonyl (C=O) groups excluding carboxylic acids is 2. The Balaban J connectivity index is 1.58. The average molecular weight is 459 g/mol. The third kappa shape index (κ3) is 4.14. The summed E-state index contributed by atoms with van der Waals surface area (Å²) in [7, 11) is 0. The van der Waals surface area contributed by atoms with Crippen LogP contribution in [0.4, 0.5) is 10.1 Å². The first kappa shape index (κ1) is 21.3. The Morgan fingerprint density at radius 1 is 1.06 bits per heavy atom. The maximum atomic E-state index is 14.2. The van der Waals surface area contributed by atoms with Gasteiger partial charge in [0.1, 0.15) is 5.82 Å². The topological polar surface area (TPSA) is 58.2 Å². The normalized spacial score (nSPS) is 20.4. The Morgan fingerprint density at radius 3 is 2.61 bits per heavy atom. The number of allylic oxidation sites excluding steroid dienone is 3. The van der Waals surface area contributed by atoms with Crippen LogP contribution in [0.25, 0.3) is 0 Å². The lowest BCUT2D eigenvalue weighted by Crippen LogP contribution is -2.37. The number of hydrogen-bond acceptors (Lipinski definition) is 4. The van der Waals surface area contributed by atoms with Crippen LogP contribution in [0, 0.1) is 5.82 Å². The minimum Gasteiger partial charge on any atom is -0.362 e. The summed E-state index contributed by atoms with van der Waals surface area (Å²) in [6, 6.07) is 19.4. The molecule has 1 aromatic heterocycles. The number of Topliss-reactive ketones (excluding diaryl/α,β-unsaturated/α-hetero) is 1. The molecule has 1 amide bonds. The Bertz CT molecular complexity index is 1280. The van der Waals surface area contributed by atoms with Gasteiger partial charge in [-0.15, -0.1) is 11.3 Å². The van der Waals surface area contributed by atoms with E-state index in [1.807, 2.05) is 48.7 Å². The van der Waals surface area contributed by atoms with Crippen molar-refractivity contribution in [2.24, 2.45) is 0 Å². The second-order valence-corrected chi connectivity index (χ2v) is 9.39. The third-order valence-electron chi connectivity index (χ3n) is 6.23. The van der Waals surface area contributed by atoms with Crippen LogP contribution >= 0.6 is 11.3 Å². The molecule has 0 bridgehead atoms. The molecule has 0 spiro atoms. The number of halogens is 1. The summed E-state index contributed by atoms with van der Waals surface area (Å²) >= 11 is 1.65. The van der Waals surface area contributed by atoms with Crippen LogP contribution in [0.5, 0.6) is 0 Å². The van der Waals surface area contributed by atoms with E-state index in [1.165, 1.54) is 17.0 Å². The highest BCUT2D eigenvalue weighted by Gasteiger charge is 2.41. The van der Waals surface area contributed by atoms with Crippen LogP contribution in [-0.4, -0.2) is 11.7 Å². The van der Waals surface area contributed by atoms with Gasteiger partial charge in [-0.25, -0.2) is 4.39 Å². The second-order valence-electron chi connectivity index (χ2n) is 8.41. The molecule has 0 saturated heterocycles. The van der Waals surface area contributed by atoms with Gasteiger partial charge in [-0.2, -0.15) is 0 Å². The van der Waals surface area contributed by atoms with Crippen LogP contribution in [-0.2, 0) is 9.59 Å². The molecule has 0 saturated carbocycles. The van der Waals surface area contributed by atoms with Crippen LogP contribution < -0.4 is 10.6 Å². The maximum absolute atomic E-state index is 14.2. The van der Waals surface area contributed by atoms with Crippen molar-refractivity contribution in [2.45, 2.75) is 31.6 Å². The highest BCUT2D eigenvalue weighted by atomic mass is 32.1. The summed E-state index contributed by atoms with van der Waals surface area (Å²) in [6.45, 7) is 1.84. The predicted octanol–water partition coefficient (Wildman–Crippen LogP) is 5.89. The predicted molar refractivity (Wildman–Crippen MR) is 128 cm³/mol. The first-order chi connectivity index (χ1) is 16.0. The van der Waals surface area contributed by atoms with Crippen molar-refractivity contribution in [3.05, 3.63) is 111 Å². The molecule has 2 atom stereocenters. The molecule has 1 aliphatic heterocycles. The van der Waals surface area contributed by atoms with Gasteiger partial charge in [-0.3, -0.25) is 9.59 Å². The van der Waals surface area contributed by atoms with E-state index in [1.54, 1.807) is 23.5 Å². The van der Waals surface area contributed by atoms with Crippen LogP contribution in [0.15, 0.2) is 94.7 Å². The fourth-order valence-electron chi connectivity index (χ4n) is 4.80. The molecule has 2 N–H and O–H groups in total. The average Bonchev–Trinajstić information content (AvgIpc) is 3.33. The molecule has 0 radical (unpaired) electrons. The Morgan fingerprint density at radius 2 is 1.88 bits per heavy atom. The summed E-state index contributed by atoms with van der Waals surface area (Å²) < 4.78 is 14.2. The zero-order valence-electron chi connectivity index (χ0n) is 18.1. The molecule has 166 valence electrons. The lowest BCUT2D eigenvalue weighted by molar-refractivity contribution is -0.116. The number of dihydropyridines is 1. The quantitative estimate of drug-likeness (QED) is 0.513. The number of thiophene rings is 1. The number of nitrogens with one attached hydrogen (secondary N) is 2. The lowest BCUT2D eigenvalue weighted by Gasteiger charge is -2.36. The van der Waals surface area contributed by atoms with Gasteiger partial charge in [0.05, 0.1) is 0 Å². The van der Waals surface area contributed by atoms with Gasteiger partial charge in [-0.05, 0) is 54.6 Å². The van der Waals surface area contributed by atoms with Crippen molar-refractivity contribution in [3.8, 4) is 0 Å². The minimum absolute atomic E-state index is 0.00563. The van der Waals surface area contributed by atoms with Gasteiger partial charge in [0.15, 0.2) is 5.78 Å². The molecular weight excluding hydrogens is 435 g/mol. The molecule has 2 aromatic carbocycles. The zero-order chi connectivity index (χ0) is 22.9. The summed E-state index contributed by atoms with van der Waals surface area (Å²) in [4.78, 5) is 28.1. The molecule has 3 aromatic rings. The Hall–Kier alpha value is -3.51. The lowest BCUT2D eigenvalue weighted by atomic mass is 9.72. The minimum atomic E-state index is -0.627. The summed E-state index contributed by atoms with van der Waals surface area (Å²) in [5, 5.41) is 8.31. The highest BCUT2D eigenvalue weighted by Crippen LogP contribution is 2.46. The maximum Gasteiger partial charge on any atom is 0.254 e.